The van der Waals surface area contributed by atoms with E-state index in [2.05, 4.69) is 0 Å². The molecule has 0 aromatic heterocycles. The van der Waals surface area contributed by atoms with Crippen LogP contribution in [0.5, 0.6) is 5.75 Å². The summed E-state index contributed by atoms with van der Waals surface area (Å²) in [5.41, 5.74) is 6.36. The van der Waals surface area contributed by atoms with E-state index in [4.69, 9.17) is 22.1 Å². The minimum absolute atomic E-state index is 0.261. The van der Waals surface area contributed by atoms with Crippen molar-refractivity contribution in [3.8, 4) is 5.75 Å². The van der Waals surface area contributed by atoms with Crippen molar-refractivity contribution in [1.29, 1.82) is 0 Å². The van der Waals surface area contributed by atoms with Crippen LogP contribution in [0.25, 0.3) is 0 Å². The molecule has 0 aliphatic rings. The number of aliphatic hydroxyl groups is 1. The molecule has 4 nitrogen and oxygen atoms in total. The first-order valence-electron chi connectivity index (χ1n) is 5.46. The van der Waals surface area contributed by atoms with Crippen molar-refractivity contribution >= 4 is 11.6 Å². The topological polar surface area (TPSA) is 58.7 Å². The van der Waals surface area contributed by atoms with Crippen LogP contribution in [0, 0.1) is 0 Å². The van der Waals surface area contributed by atoms with Gasteiger partial charge in [-0.25, -0.2) is 0 Å². The van der Waals surface area contributed by atoms with Crippen molar-refractivity contribution < 1.29 is 9.84 Å². The average Bonchev–Trinajstić information content (AvgIpc) is 2.29. The van der Waals surface area contributed by atoms with E-state index < -0.39 is 6.10 Å². The van der Waals surface area contributed by atoms with Crippen LogP contribution >= 0.6 is 11.6 Å². The van der Waals surface area contributed by atoms with Gasteiger partial charge in [-0.05, 0) is 25.2 Å². The molecule has 0 aliphatic heterocycles. The average molecular weight is 259 g/mol. The Balaban J connectivity index is 2.69. The molecule has 0 radical (unpaired) electrons. The third kappa shape index (κ3) is 4.52. The predicted molar refractivity (Wildman–Crippen MR) is 69.4 cm³/mol. The SMILES string of the molecule is COc1ccc(Cl)cc1CN(C)CC(O)CN. The third-order valence-corrected chi connectivity index (χ3v) is 2.71. The van der Waals surface area contributed by atoms with Crippen molar-refractivity contribution in [1.82, 2.24) is 4.90 Å². The monoisotopic (exact) mass is 258 g/mol. The molecule has 0 bridgehead atoms. The normalized spacial score (nSPS) is 12.8. The van der Waals surface area contributed by atoms with E-state index in [-0.39, 0.29) is 6.54 Å². The molecule has 96 valence electrons. The van der Waals surface area contributed by atoms with Gasteiger partial charge in [0.15, 0.2) is 0 Å². The Morgan fingerprint density at radius 3 is 2.82 bits per heavy atom. The molecule has 5 heteroatoms. The number of rotatable bonds is 6. The van der Waals surface area contributed by atoms with Crippen LogP contribution in [0.2, 0.25) is 5.02 Å². The van der Waals surface area contributed by atoms with Gasteiger partial charge in [0, 0.05) is 30.2 Å². The molecule has 0 fully saturated rings. The van der Waals surface area contributed by atoms with Gasteiger partial charge in [-0.3, -0.25) is 4.90 Å². The summed E-state index contributed by atoms with van der Waals surface area (Å²) in [5.74, 6) is 0.795. The second kappa shape index (κ2) is 6.81. The maximum atomic E-state index is 9.46. The zero-order valence-electron chi connectivity index (χ0n) is 10.2. The van der Waals surface area contributed by atoms with E-state index in [1.807, 2.05) is 24.1 Å². The van der Waals surface area contributed by atoms with Gasteiger partial charge in [0.25, 0.3) is 0 Å². The fourth-order valence-electron chi connectivity index (χ4n) is 1.66. The van der Waals surface area contributed by atoms with Crippen LogP contribution in [0.15, 0.2) is 18.2 Å². The zero-order valence-corrected chi connectivity index (χ0v) is 10.9. The first-order valence-corrected chi connectivity index (χ1v) is 5.83. The highest BCUT2D eigenvalue weighted by Gasteiger charge is 2.10. The van der Waals surface area contributed by atoms with E-state index in [0.29, 0.717) is 18.1 Å². The number of methoxy groups -OCH3 is 1. The number of likely N-dealkylation sites (N-methyl/N-ethyl adjacent to an activating group) is 1. The van der Waals surface area contributed by atoms with E-state index >= 15 is 0 Å². The quantitative estimate of drug-likeness (QED) is 0.802. The van der Waals surface area contributed by atoms with Gasteiger partial charge in [0.2, 0.25) is 0 Å². The van der Waals surface area contributed by atoms with Gasteiger partial charge in [0.05, 0.1) is 13.2 Å². The Morgan fingerprint density at radius 1 is 1.53 bits per heavy atom. The first kappa shape index (κ1) is 14.3. The fraction of sp³-hybridized carbons (Fsp3) is 0.500. The fourth-order valence-corrected chi connectivity index (χ4v) is 1.86. The molecule has 1 atom stereocenters. The van der Waals surface area contributed by atoms with Gasteiger partial charge >= 0.3 is 0 Å². The molecule has 17 heavy (non-hydrogen) atoms. The molecule has 1 rings (SSSR count). The van der Waals surface area contributed by atoms with Crippen LogP contribution in [-0.2, 0) is 6.54 Å². The lowest BCUT2D eigenvalue weighted by Crippen LogP contribution is -2.33. The van der Waals surface area contributed by atoms with Gasteiger partial charge in [-0.1, -0.05) is 11.6 Å². The molecule has 1 aromatic carbocycles. The summed E-state index contributed by atoms with van der Waals surface area (Å²) in [6.45, 7) is 1.43. The number of halogens is 1. The lowest BCUT2D eigenvalue weighted by Gasteiger charge is -2.20. The third-order valence-electron chi connectivity index (χ3n) is 2.48. The Labute approximate surface area is 107 Å². The number of hydrogen-bond donors (Lipinski definition) is 2. The second-order valence-corrected chi connectivity index (χ2v) is 4.48. The van der Waals surface area contributed by atoms with Crippen molar-refractivity contribution in [3.05, 3.63) is 28.8 Å². The summed E-state index contributed by atoms with van der Waals surface area (Å²) < 4.78 is 5.26. The lowest BCUT2D eigenvalue weighted by atomic mass is 10.2. The Hall–Kier alpha value is -0.810. The van der Waals surface area contributed by atoms with Crippen molar-refractivity contribution in [2.24, 2.45) is 5.73 Å². The van der Waals surface area contributed by atoms with Crippen LogP contribution < -0.4 is 10.5 Å². The molecule has 0 saturated carbocycles. The maximum Gasteiger partial charge on any atom is 0.123 e. The van der Waals surface area contributed by atoms with Gasteiger partial charge in [-0.15, -0.1) is 0 Å². The van der Waals surface area contributed by atoms with Crippen LogP contribution in [0.3, 0.4) is 0 Å². The molecule has 0 saturated heterocycles. The van der Waals surface area contributed by atoms with Gasteiger partial charge < -0.3 is 15.6 Å². The number of aliphatic hydroxyl groups excluding tert-OH is 1. The largest absolute Gasteiger partial charge is 0.496 e. The number of ether oxygens (including phenoxy) is 1. The lowest BCUT2D eigenvalue weighted by molar-refractivity contribution is 0.129. The van der Waals surface area contributed by atoms with Crippen molar-refractivity contribution in [3.63, 3.8) is 0 Å². The standard InChI is InChI=1S/C12H19ClN2O2/c1-15(8-11(16)6-14)7-9-5-10(13)3-4-12(9)17-2/h3-5,11,16H,6-8,14H2,1-2H3. The van der Waals surface area contributed by atoms with E-state index in [0.717, 1.165) is 11.3 Å². The second-order valence-electron chi connectivity index (χ2n) is 4.04. The van der Waals surface area contributed by atoms with E-state index in [1.54, 1.807) is 13.2 Å². The highest BCUT2D eigenvalue weighted by molar-refractivity contribution is 6.30. The molecular formula is C12H19ClN2O2. The minimum Gasteiger partial charge on any atom is -0.496 e. The number of nitrogens with zero attached hydrogens (tertiary/aromatic N) is 1. The summed E-state index contributed by atoms with van der Waals surface area (Å²) in [6.07, 6.45) is -0.509. The van der Waals surface area contributed by atoms with Crippen molar-refractivity contribution in [2.75, 3.05) is 27.2 Å². The van der Waals surface area contributed by atoms with Gasteiger partial charge in [-0.2, -0.15) is 0 Å². The number of hydrogen-bond acceptors (Lipinski definition) is 4. The summed E-state index contributed by atoms with van der Waals surface area (Å²) in [6, 6.07) is 5.50. The smallest absolute Gasteiger partial charge is 0.123 e. The molecule has 0 amide bonds. The molecule has 1 unspecified atom stereocenters. The van der Waals surface area contributed by atoms with Crippen LogP contribution in [0.1, 0.15) is 5.56 Å². The summed E-state index contributed by atoms with van der Waals surface area (Å²) >= 11 is 5.95. The highest BCUT2D eigenvalue weighted by Crippen LogP contribution is 2.23. The summed E-state index contributed by atoms with van der Waals surface area (Å²) in [5, 5.41) is 10.1. The predicted octanol–water partition coefficient (Wildman–Crippen LogP) is 1.10. The summed E-state index contributed by atoms with van der Waals surface area (Å²) in [4.78, 5) is 1.98. The molecule has 0 aliphatic carbocycles. The van der Waals surface area contributed by atoms with Gasteiger partial charge in [0.1, 0.15) is 5.75 Å². The van der Waals surface area contributed by atoms with Crippen molar-refractivity contribution in [2.45, 2.75) is 12.6 Å². The molecule has 3 N–H and O–H groups in total. The highest BCUT2D eigenvalue weighted by atomic mass is 35.5. The van der Waals surface area contributed by atoms with Crippen LogP contribution in [0.4, 0.5) is 0 Å². The minimum atomic E-state index is -0.509. The molecule has 0 heterocycles. The molecule has 1 aromatic rings. The Bertz CT molecular complexity index is 360. The maximum absolute atomic E-state index is 9.46. The van der Waals surface area contributed by atoms with E-state index in [9.17, 15) is 5.11 Å². The molecular weight excluding hydrogens is 240 g/mol. The molecule has 0 spiro atoms. The number of benzene rings is 1. The first-order chi connectivity index (χ1) is 8.06. The Kier molecular flexibility index (Phi) is 5.71. The number of nitrogens with two attached hydrogens (primary N) is 1. The zero-order chi connectivity index (χ0) is 12.8. The summed E-state index contributed by atoms with van der Waals surface area (Å²) in [7, 11) is 3.54. The van der Waals surface area contributed by atoms with Crippen LogP contribution in [-0.4, -0.2) is 43.4 Å². The Morgan fingerprint density at radius 2 is 2.24 bits per heavy atom. The van der Waals surface area contributed by atoms with E-state index in [1.165, 1.54) is 0 Å².